The molecule has 7 heteroatoms. The van der Waals surface area contributed by atoms with Crippen molar-refractivity contribution >= 4 is 17.5 Å². The molecule has 0 atom stereocenters. The zero-order chi connectivity index (χ0) is 18.8. The first kappa shape index (κ1) is 19.6. The summed E-state index contributed by atoms with van der Waals surface area (Å²) < 4.78 is 17.8. The number of hydrogen-bond acceptors (Lipinski definition) is 4. The zero-order valence-corrected chi connectivity index (χ0v) is 14.5. The summed E-state index contributed by atoms with van der Waals surface area (Å²) in [6.45, 7) is 1.77. The summed E-state index contributed by atoms with van der Waals surface area (Å²) in [5, 5.41) is 8.45. The minimum Gasteiger partial charge on any atom is -0.383 e. The fourth-order valence-electron chi connectivity index (χ4n) is 2.15. The van der Waals surface area contributed by atoms with Crippen molar-refractivity contribution in [3.05, 3.63) is 65.5 Å². The average molecular weight is 359 g/mol. The highest BCUT2D eigenvalue weighted by molar-refractivity contribution is 6.04. The van der Waals surface area contributed by atoms with Gasteiger partial charge < -0.3 is 20.7 Å². The van der Waals surface area contributed by atoms with Crippen molar-refractivity contribution in [2.75, 3.05) is 32.1 Å². The molecule has 6 nitrogen and oxygen atoms in total. The number of methoxy groups -OCH3 is 1. The molecule has 0 radical (unpaired) electrons. The number of anilines is 1. The number of hydrogen-bond donors (Lipinski definition) is 3. The van der Waals surface area contributed by atoms with E-state index in [0.29, 0.717) is 30.9 Å². The molecular weight excluding hydrogens is 337 g/mol. The molecule has 0 spiro atoms. The number of carbonyl (C=O) groups is 2. The third kappa shape index (κ3) is 6.62. The highest BCUT2D eigenvalue weighted by Crippen LogP contribution is 2.11. The second kappa shape index (κ2) is 10.3. The van der Waals surface area contributed by atoms with Crippen molar-refractivity contribution in [2.24, 2.45) is 0 Å². The molecule has 0 aliphatic carbocycles. The molecule has 0 aliphatic heterocycles. The van der Waals surface area contributed by atoms with Gasteiger partial charge in [0.1, 0.15) is 5.82 Å². The Morgan fingerprint density at radius 3 is 2.38 bits per heavy atom. The average Bonchev–Trinajstić information content (AvgIpc) is 2.66. The monoisotopic (exact) mass is 359 g/mol. The SMILES string of the molecule is COCCNCC(=O)NCc1ccc(C(=O)Nc2ccc(F)cc2)cc1. The fourth-order valence-corrected chi connectivity index (χ4v) is 2.15. The van der Waals surface area contributed by atoms with Gasteiger partial charge in [-0.05, 0) is 42.0 Å². The molecule has 3 N–H and O–H groups in total. The van der Waals surface area contributed by atoms with E-state index in [-0.39, 0.29) is 24.2 Å². The van der Waals surface area contributed by atoms with Crippen LogP contribution in [0.15, 0.2) is 48.5 Å². The Balaban J connectivity index is 1.79. The number of ether oxygens (including phenoxy) is 1. The van der Waals surface area contributed by atoms with Gasteiger partial charge in [-0.15, -0.1) is 0 Å². The van der Waals surface area contributed by atoms with E-state index in [1.807, 2.05) is 0 Å². The molecule has 0 heterocycles. The van der Waals surface area contributed by atoms with E-state index in [2.05, 4.69) is 16.0 Å². The predicted octanol–water partition coefficient (Wildman–Crippen LogP) is 1.93. The van der Waals surface area contributed by atoms with Crippen molar-refractivity contribution in [3.8, 4) is 0 Å². The standard InChI is InChI=1S/C19H22FN3O3/c1-26-11-10-21-13-18(24)22-12-14-2-4-15(5-3-14)19(25)23-17-8-6-16(20)7-9-17/h2-9,21H,10-13H2,1H3,(H,22,24)(H,23,25). The van der Waals surface area contributed by atoms with Crippen LogP contribution < -0.4 is 16.0 Å². The van der Waals surface area contributed by atoms with Gasteiger partial charge in [-0.2, -0.15) is 0 Å². The van der Waals surface area contributed by atoms with Crippen LogP contribution in [-0.2, 0) is 16.1 Å². The highest BCUT2D eigenvalue weighted by Gasteiger charge is 2.07. The maximum Gasteiger partial charge on any atom is 0.255 e. The van der Waals surface area contributed by atoms with E-state index in [9.17, 15) is 14.0 Å². The largest absolute Gasteiger partial charge is 0.383 e. The summed E-state index contributed by atoms with van der Waals surface area (Å²) in [4.78, 5) is 23.8. The summed E-state index contributed by atoms with van der Waals surface area (Å²) in [5.74, 6) is -0.753. The zero-order valence-electron chi connectivity index (χ0n) is 14.5. The predicted molar refractivity (Wildman–Crippen MR) is 97.4 cm³/mol. The lowest BCUT2D eigenvalue weighted by Gasteiger charge is -2.08. The molecule has 0 bridgehead atoms. The number of benzene rings is 2. The molecule has 2 aromatic rings. The van der Waals surface area contributed by atoms with Crippen molar-refractivity contribution in [1.82, 2.24) is 10.6 Å². The molecule has 2 amide bonds. The molecule has 2 rings (SSSR count). The van der Waals surface area contributed by atoms with Gasteiger partial charge in [0.15, 0.2) is 0 Å². The molecule has 2 aromatic carbocycles. The van der Waals surface area contributed by atoms with Crippen LogP contribution in [0.3, 0.4) is 0 Å². The van der Waals surface area contributed by atoms with Gasteiger partial charge in [0.05, 0.1) is 13.2 Å². The van der Waals surface area contributed by atoms with E-state index in [1.165, 1.54) is 24.3 Å². The molecule has 0 unspecified atom stereocenters. The summed E-state index contributed by atoms with van der Waals surface area (Å²) in [5.41, 5.74) is 1.88. The first-order valence-corrected chi connectivity index (χ1v) is 8.20. The van der Waals surface area contributed by atoms with Crippen LogP contribution in [0.1, 0.15) is 15.9 Å². The number of nitrogens with one attached hydrogen (secondary N) is 3. The topological polar surface area (TPSA) is 79.5 Å². The Bertz CT molecular complexity index is 718. The lowest BCUT2D eigenvalue weighted by atomic mass is 10.1. The maximum absolute atomic E-state index is 12.9. The van der Waals surface area contributed by atoms with Crippen LogP contribution in [-0.4, -0.2) is 38.6 Å². The Hall–Kier alpha value is -2.77. The van der Waals surface area contributed by atoms with Crippen molar-refractivity contribution < 1.29 is 18.7 Å². The minimum absolute atomic E-state index is 0.112. The quantitative estimate of drug-likeness (QED) is 0.598. The normalized spacial score (nSPS) is 10.4. The fraction of sp³-hybridized carbons (Fsp3) is 0.263. The molecular formula is C19H22FN3O3. The lowest BCUT2D eigenvalue weighted by molar-refractivity contribution is -0.120. The van der Waals surface area contributed by atoms with Crippen LogP contribution in [0.2, 0.25) is 0 Å². The second-order valence-corrected chi connectivity index (χ2v) is 5.60. The summed E-state index contributed by atoms with van der Waals surface area (Å²) in [6, 6.07) is 12.5. The third-order valence-electron chi connectivity index (χ3n) is 3.58. The molecule has 0 fully saturated rings. The van der Waals surface area contributed by atoms with Crippen molar-refractivity contribution in [2.45, 2.75) is 6.54 Å². The smallest absolute Gasteiger partial charge is 0.255 e. The van der Waals surface area contributed by atoms with Crippen molar-refractivity contribution in [3.63, 3.8) is 0 Å². The second-order valence-electron chi connectivity index (χ2n) is 5.60. The van der Waals surface area contributed by atoms with Crippen LogP contribution in [0.5, 0.6) is 0 Å². The van der Waals surface area contributed by atoms with Crippen LogP contribution in [0.4, 0.5) is 10.1 Å². The van der Waals surface area contributed by atoms with Gasteiger partial charge in [-0.1, -0.05) is 12.1 Å². The van der Waals surface area contributed by atoms with E-state index in [4.69, 9.17) is 4.74 Å². The molecule has 138 valence electrons. The van der Waals surface area contributed by atoms with Crippen molar-refractivity contribution in [1.29, 1.82) is 0 Å². The summed E-state index contributed by atoms with van der Waals surface area (Å²) in [6.07, 6.45) is 0. The third-order valence-corrected chi connectivity index (χ3v) is 3.58. The lowest BCUT2D eigenvalue weighted by Crippen LogP contribution is -2.34. The van der Waals surface area contributed by atoms with Gasteiger partial charge >= 0.3 is 0 Å². The Morgan fingerprint density at radius 1 is 1.04 bits per heavy atom. The molecule has 0 aromatic heterocycles. The number of rotatable bonds is 9. The Labute approximate surface area is 151 Å². The first-order chi connectivity index (χ1) is 12.6. The van der Waals surface area contributed by atoms with Gasteiger partial charge in [0.25, 0.3) is 5.91 Å². The van der Waals surface area contributed by atoms with E-state index >= 15 is 0 Å². The minimum atomic E-state index is -0.358. The molecule has 0 aliphatic rings. The number of halogens is 1. The number of carbonyl (C=O) groups excluding carboxylic acids is 2. The summed E-state index contributed by atoms with van der Waals surface area (Å²) >= 11 is 0. The molecule has 0 saturated heterocycles. The number of amides is 2. The van der Waals surface area contributed by atoms with Crippen LogP contribution in [0.25, 0.3) is 0 Å². The van der Waals surface area contributed by atoms with Gasteiger partial charge in [0.2, 0.25) is 5.91 Å². The molecule has 26 heavy (non-hydrogen) atoms. The van der Waals surface area contributed by atoms with Gasteiger partial charge in [-0.3, -0.25) is 9.59 Å². The van der Waals surface area contributed by atoms with E-state index in [1.54, 1.807) is 31.4 Å². The Morgan fingerprint density at radius 2 is 1.73 bits per heavy atom. The summed E-state index contributed by atoms with van der Waals surface area (Å²) in [7, 11) is 1.60. The van der Waals surface area contributed by atoms with Crippen LogP contribution in [0, 0.1) is 5.82 Å². The van der Waals surface area contributed by atoms with Gasteiger partial charge in [-0.25, -0.2) is 4.39 Å². The maximum atomic E-state index is 12.9. The molecule has 0 saturated carbocycles. The first-order valence-electron chi connectivity index (χ1n) is 8.20. The Kier molecular flexibility index (Phi) is 7.73. The van der Waals surface area contributed by atoms with E-state index < -0.39 is 0 Å². The van der Waals surface area contributed by atoms with Gasteiger partial charge in [0, 0.05) is 31.5 Å². The highest BCUT2D eigenvalue weighted by atomic mass is 19.1. The van der Waals surface area contributed by atoms with Crippen LogP contribution >= 0.6 is 0 Å². The van der Waals surface area contributed by atoms with E-state index in [0.717, 1.165) is 5.56 Å².